The smallest absolute Gasteiger partial charge is 0.272 e. The molecule has 0 saturated heterocycles. The topological polar surface area (TPSA) is 109 Å². The number of nitrogens with zero attached hydrogens (tertiary/aromatic N) is 1. The zero-order valence-corrected chi connectivity index (χ0v) is 29.6. The van der Waals surface area contributed by atoms with Crippen LogP contribution in [0.5, 0.6) is 5.75 Å². The number of aromatic nitrogens is 1. The van der Waals surface area contributed by atoms with Gasteiger partial charge in [0.05, 0.1) is 12.8 Å². The predicted molar refractivity (Wildman–Crippen MR) is 206 cm³/mol. The summed E-state index contributed by atoms with van der Waals surface area (Å²) >= 11 is 8.73. The highest BCUT2D eigenvalue weighted by atomic mass is 35.5. The molecular weight excluding hydrogens is 700 g/mol. The highest BCUT2D eigenvalue weighted by molar-refractivity contribution is 8.00. The zero-order chi connectivity index (χ0) is 35.6. The van der Waals surface area contributed by atoms with E-state index in [4.69, 9.17) is 16.3 Å². The van der Waals surface area contributed by atoms with E-state index in [2.05, 4.69) is 20.9 Å². The van der Waals surface area contributed by atoms with E-state index >= 15 is 0 Å². The van der Waals surface area contributed by atoms with Crippen molar-refractivity contribution < 1.29 is 19.1 Å². The zero-order valence-electron chi connectivity index (χ0n) is 27.2. The molecule has 0 saturated carbocycles. The first-order valence-corrected chi connectivity index (χ1v) is 17.9. The molecule has 0 bridgehead atoms. The average molecular weight is 731 g/mol. The fraction of sp³-hybridized carbons (Fsp3) is 0.0500. The molecule has 3 N–H and O–H groups in total. The number of rotatable bonds is 12. The van der Waals surface area contributed by atoms with Crippen LogP contribution in [-0.4, -0.2) is 29.8 Å². The number of para-hydroxylation sites is 1. The van der Waals surface area contributed by atoms with Gasteiger partial charge in [-0.15, -0.1) is 23.1 Å². The summed E-state index contributed by atoms with van der Waals surface area (Å²) < 4.78 is 5.49. The van der Waals surface area contributed by atoms with Crippen molar-refractivity contribution in [2.75, 3.05) is 17.7 Å². The predicted octanol–water partition coefficient (Wildman–Crippen LogP) is 9.35. The van der Waals surface area contributed by atoms with Crippen molar-refractivity contribution in [2.45, 2.75) is 10.1 Å². The van der Waals surface area contributed by atoms with E-state index in [-0.39, 0.29) is 11.6 Å². The van der Waals surface area contributed by atoms with Gasteiger partial charge in [-0.05, 0) is 71.8 Å². The second kappa shape index (κ2) is 16.8. The maximum Gasteiger partial charge on any atom is 0.272 e. The number of nitrogens with one attached hydrogen (secondary N) is 3. The van der Waals surface area contributed by atoms with E-state index in [0.29, 0.717) is 38.4 Å². The number of hydrogen-bond acceptors (Lipinski definition) is 7. The summed E-state index contributed by atoms with van der Waals surface area (Å²) in [6.07, 6.45) is 1.58. The van der Waals surface area contributed by atoms with E-state index in [0.717, 1.165) is 16.0 Å². The summed E-state index contributed by atoms with van der Waals surface area (Å²) in [6, 6.07) is 39.8. The summed E-state index contributed by atoms with van der Waals surface area (Å²) in [7, 11) is 1.61. The number of halogens is 1. The molecule has 0 aliphatic carbocycles. The van der Waals surface area contributed by atoms with Crippen LogP contribution >= 0.6 is 34.7 Å². The molecule has 1 aromatic heterocycles. The fourth-order valence-corrected chi connectivity index (χ4v) is 6.96. The molecule has 6 rings (SSSR count). The Morgan fingerprint density at radius 3 is 2.27 bits per heavy atom. The van der Waals surface area contributed by atoms with Gasteiger partial charge in [-0.25, -0.2) is 4.98 Å². The number of carbonyl (C=O) groups is 3. The summed E-state index contributed by atoms with van der Waals surface area (Å²) in [4.78, 5) is 45.9. The van der Waals surface area contributed by atoms with Gasteiger partial charge in [0.15, 0.2) is 5.13 Å². The molecule has 1 unspecified atom stereocenters. The molecule has 3 amide bonds. The Bertz CT molecular complexity index is 2170. The lowest BCUT2D eigenvalue weighted by Crippen LogP contribution is -2.30. The minimum absolute atomic E-state index is 0.0433. The van der Waals surface area contributed by atoms with Crippen LogP contribution in [0.15, 0.2) is 149 Å². The van der Waals surface area contributed by atoms with Crippen molar-refractivity contribution in [3.63, 3.8) is 0 Å². The van der Waals surface area contributed by atoms with Crippen molar-refractivity contribution in [3.8, 4) is 17.0 Å². The standard InChI is InChI=1S/C40H31ClN4O4S2/c1-49-35-18-9-8-17-32(35)34-25-50-40(44-34)45-39(48)36(27-11-4-2-5-12-27)51-31-16-10-15-30(24-31)42-38(47)33(23-26-19-21-29(41)22-20-26)43-37(46)28-13-6-3-7-14-28/h2-25,36H,1H3,(H,42,47)(H,43,46)(H,44,45,48)/b33-23-. The van der Waals surface area contributed by atoms with Crippen LogP contribution in [0.2, 0.25) is 5.02 Å². The SMILES string of the molecule is COc1ccccc1-c1csc(NC(=O)C(Sc2cccc(NC(=O)/C(=C/c3ccc(Cl)cc3)NC(=O)c3ccccc3)c2)c2ccccc2)n1. The number of thiazole rings is 1. The Labute approximate surface area is 308 Å². The quantitative estimate of drug-likeness (QED) is 0.0856. The van der Waals surface area contributed by atoms with Crippen LogP contribution in [0.25, 0.3) is 17.3 Å². The summed E-state index contributed by atoms with van der Waals surface area (Å²) in [5, 5.41) is 10.9. The van der Waals surface area contributed by atoms with Gasteiger partial charge in [0, 0.05) is 32.1 Å². The Morgan fingerprint density at radius 1 is 0.824 bits per heavy atom. The molecule has 11 heteroatoms. The molecule has 8 nitrogen and oxygen atoms in total. The first-order valence-electron chi connectivity index (χ1n) is 15.7. The largest absolute Gasteiger partial charge is 0.496 e. The molecule has 0 radical (unpaired) electrons. The van der Waals surface area contributed by atoms with E-state index in [1.54, 1.807) is 79.9 Å². The molecule has 0 aliphatic heterocycles. The third-order valence-electron chi connectivity index (χ3n) is 7.51. The van der Waals surface area contributed by atoms with Crippen LogP contribution in [0, 0.1) is 0 Å². The monoisotopic (exact) mass is 730 g/mol. The van der Waals surface area contributed by atoms with Crippen LogP contribution in [0.3, 0.4) is 0 Å². The van der Waals surface area contributed by atoms with Crippen molar-refractivity contribution >= 4 is 69.3 Å². The Kier molecular flexibility index (Phi) is 11.6. The first-order chi connectivity index (χ1) is 24.9. The second-order valence-electron chi connectivity index (χ2n) is 11.0. The average Bonchev–Trinajstić information content (AvgIpc) is 3.63. The minimum Gasteiger partial charge on any atom is -0.496 e. The van der Waals surface area contributed by atoms with Crippen molar-refractivity contribution in [3.05, 3.63) is 166 Å². The molecular formula is C40H31ClN4O4S2. The Hall–Kier alpha value is -5.68. The van der Waals surface area contributed by atoms with Gasteiger partial charge in [-0.3, -0.25) is 14.4 Å². The number of carbonyl (C=O) groups excluding carboxylic acids is 3. The first kappa shape index (κ1) is 35.2. The number of thioether (sulfide) groups is 1. The number of amides is 3. The Morgan fingerprint density at radius 2 is 1.53 bits per heavy atom. The van der Waals surface area contributed by atoms with Gasteiger partial charge >= 0.3 is 0 Å². The third kappa shape index (κ3) is 9.31. The molecule has 0 aliphatic rings. The van der Waals surface area contributed by atoms with Gasteiger partial charge in [0.25, 0.3) is 11.8 Å². The minimum atomic E-state index is -0.638. The van der Waals surface area contributed by atoms with E-state index in [1.807, 2.05) is 72.1 Å². The normalized spacial score (nSPS) is 11.7. The lowest BCUT2D eigenvalue weighted by molar-refractivity contribution is -0.116. The summed E-state index contributed by atoms with van der Waals surface area (Å²) in [6.45, 7) is 0. The lowest BCUT2D eigenvalue weighted by Gasteiger charge is -2.17. The van der Waals surface area contributed by atoms with E-state index in [9.17, 15) is 14.4 Å². The number of ether oxygens (including phenoxy) is 1. The molecule has 0 spiro atoms. The third-order valence-corrected chi connectivity index (χ3v) is 9.77. The van der Waals surface area contributed by atoms with Gasteiger partial charge in [0.1, 0.15) is 16.7 Å². The molecule has 1 heterocycles. The van der Waals surface area contributed by atoms with Crippen molar-refractivity contribution in [1.29, 1.82) is 0 Å². The number of anilines is 2. The van der Waals surface area contributed by atoms with Crippen LogP contribution < -0.4 is 20.7 Å². The van der Waals surface area contributed by atoms with Crippen LogP contribution in [-0.2, 0) is 9.59 Å². The van der Waals surface area contributed by atoms with Gasteiger partial charge in [0.2, 0.25) is 5.91 Å². The summed E-state index contributed by atoms with van der Waals surface area (Å²) in [5.41, 5.74) is 3.93. The van der Waals surface area contributed by atoms with E-state index in [1.165, 1.54) is 23.1 Å². The highest BCUT2D eigenvalue weighted by Gasteiger charge is 2.24. The number of methoxy groups -OCH3 is 1. The maximum absolute atomic E-state index is 13.8. The molecule has 5 aromatic carbocycles. The molecule has 6 aromatic rings. The summed E-state index contributed by atoms with van der Waals surface area (Å²) in [5.74, 6) is -0.513. The van der Waals surface area contributed by atoms with Gasteiger partial charge in [-0.2, -0.15) is 0 Å². The fourth-order valence-electron chi connectivity index (χ4n) is 5.03. The Balaban J connectivity index is 1.21. The molecule has 1 atom stereocenters. The number of hydrogen-bond donors (Lipinski definition) is 3. The van der Waals surface area contributed by atoms with Crippen LogP contribution in [0.4, 0.5) is 10.8 Å². The van der Waals surface area contributed by atoms with Crippen molar-refractivity contribution in [2.24, 2.45) is 0 Å². The second-order valence-corrected chi connectivity index (χ2v) is 13.5. The molecule has 254 valence electrons. The highest BCUT2D eigenvalue weighted by Crippen LogP contribution is 2.38. The maximum atomic E-state index is 13.8. The molecule has 0 fully saturated rings. The van der Waals surface area contributed by atoms with Crippen LogP contribution in [0.1, 0.15) is 26.7 Å². The number of benzene rings is 5. The van der Waals surface area contributed by atoms with Gasteiger partial charge < -0.3 is 20.7 Å². The van der Waals surface area contributed by atoms with Gasteiger partial charge in [-0.1, -0.05) is 90.5 Å². The van der Waals surface area contributed by atoms with Crippen molar-refractivity contribution in [1.82, 2.24) is 10.3 Å². The van der Waals surface area contributed by atoms with E-state index < -0.39 is 17.1 Å². The molecule has 51 heavy (non-hydrogen) atoms. The lowest BCUT2D eigenvalue weighted by atomic mass is 10.1.